The number of aryl methyl sites for hydroxylation is 2. The first-order chi connectivity index (χ1) is 8.66. The van der Waals surface area contributed by atoms with Gasteiger partial charge in [0.1, 0.15) is 0 Å². The summed E-state index contributed by atoms with van der Waals surface area (Å²) < 4.78 is 0. The molecule has 1 unspecified atom stereocenters. The largest absolute Gasteiger partial charge is 0.383 e. The fourth-order valence-corrected chi connectivity index (χ4v) is 2.44. The van der Waals surface area contributed by atoms with E-state index in [1.165, 1.54) is 16.8 Å². The quantitative estimate of drug-likeness (QED) is 0.852. The molecular weight excluding hydrogens is 222 g/mol. The Morgan fingerprint density at radius 1 is 1.28 bits per heavy atom. The fraction of sp³-hybridized carbons (Fsp3) is 0.600. The molecule has 0 aromatic heterocycles. The third-order valence-electron chi connectivity index (χ3n) is 3.76. The molecule has 1 aliphatic heterocycles. The summed E-state index contributed by atoms with van der Waals surface area (Å²) in [7, 11) is 0. The van der Waals surface area contributed by atoms with Gasteiger partial charge < -0.3 is 10.6 Å². The molecule has 0 bridgehead atoms. The molecule has 2 N–H and O–H groups in total. The van der Waals surface area contributed by atoms with Gasteiger partial charge in [-0.2, -0.15) is 0 Å². The minimum atomic E-state index is 0.590. The van der Waals surface area contributed by atoms with Gasteiger partial charge in [-0.3, -0.25) is 4.90 Å². The van der Waals surface area contributed by atoms with Crippen molar-refractivity contribution in [3.05, 3.63) is 29.3 Å². The van der Waals surface area contributed by atoms with Crippen molar-refractivity contribution in [1.82, 2.24) is 10.2 Å². The minimum Gasteiger partial charge on any atom is -0.383 e. The minimum absolute atomic E-state index is 0.590. The molecule has 1 aromatic carbocycles. The number of anilines is 1. The number of piperazine rings is 1. The van der Waals surface area contributed by atoms with Crippen LogP contribution in [0, 0.1) is 13.8 Å². The molecule has 1 saturated heterocycles. The zero-order valence-electron chi connectivity index (χ0n) is 11.8. The smallest absolute Gasteiger partial charge is 0.0373 e. The summed E-state index contributed by atoms with van der Waals surface area (Å²) in [6.45, 7) is 12.2. The molecule has 3 nitrogen and oxygen atoms in total. The first-order valence-corrected chi connectivity index (χ1v) is 6.92. The van der Waals surface area contributed by atoms with Crippen molar-refractivity contribution < 1.29 is 0 Å². The Kier molecular flexibility index (Phi) is 4.61. The molecule has 1 atom stereocenters. The van der Waals surface area contributed by atoms with E-state index in [2.05, 4.69) is 54.5 Å². The van der Waals surface area contributed by atoms with Crippen molar-refractivity contribution in [3.8, 4) is 0 Å². The molecule has 2 rings (SSSR count). The van der Waals surface area contributed by atoms with E-state index in [0.717, 1.165) is 32.7 Å². The molecule has 0 aliphatic carbocycles. The summed E-state index contributed by atoms with van der Waals surface area (Å²) in [4.78, 5) is 2.55. The van der Waals surface area contributed by atoms with Gasteiger partial charge in [-0.15, -0.1) is 0 Å². The normalized spacial score (nSPS) is 18.6. The van der Waals surface area contributed by atoms with Gasteiger partial charge in [0.15, 0.2) is 0 Å². The van der Waals surface area contributed by atoms with Gasteiger partial charge in [0.05, 0.1) is 0 Å². The van der Waals surface area contributed by atoms with Crippen molar-refractivity contribution in [1.29, 1.82) is 0 Å². The second kappa shape index (κ2) is 6.21. The number of hydrogen-bond donors (Lipinski definition) is 2. The number of nitrogens with zero attached hydrogens (tertiary/aromatic N) is 1. The van der Waals surface area contributed by atoms with Crippen LogP contribution in [-0.4, -0.2) is 43.7 Å². The lowest BCUT2D eigenvalue weighted by Gasteiger charge is -2.33. The third-order valence-corrected chi connectivity index (χ3v) is 3.76. The van der Waals surface area contributed by atoms with Crippen LogP contribution < -0.4 is 10.6 Å². The summed E-state index contributed by atoms with van der Waals surface area (Å²) in [6.07, 6.45) is 0. The molecule has 1 aliphatic rings. The Morgan fingerprint density at radius 3 is 2.72 bits per heavy atom. The van der Waals surface area contributed by atoms with Gasteiger partial charge in [-0.05, 0) is 38.0 Å². The van der Waals surface area contributed by atoms with Crippen molar-refractivity contribution >= 4 is 5.69 Å². The van der Waals surface area contributed by atoms with E-state index in [0.29, 0.717) is 6.04 Å². The Morgan fingerprint density at radius 2 is 2.00 bits per heavy atom. The van der Waals surface area contributed by atoms with E-state index in [1.54, 1.807) is 0 Å². The summed E-state index contributed by atoms with van der Waals surface area (Å²) in [5, 5.41) is 6.99. The van der Waals surface area contributed by atoms with E-state index in [-0.39, 0.29) is 0 Å². The van der Waals surface area contributed by atoms with Crippen molar-refractivity contribution in [2.75, 3.05) is 38.0 Å². The second-order valence-electron chi connectivity index (χ2n) is 5.33. The first kappa shape index (κ1) is 13.4. The van der Waals surface area contributed by atoms with E-state index < -0.39 is 0 Å². The molecule has 18 heavy (non-hydrogen) atoms. The standard InChI is InChI=1S/C15H25N3/c1-12-4-5-13(2)15(10-12)17-11-14(3)18-8-6-16-7-9-18/h4-5,10,14,16-17H,6-9,11H2,1-3H3. The van der Waals surface area contributed by atoms with Crippen molar-refractivity contribution in [3.63, 3.8) is 0 Å². The van der Waals surface area contributed by atoms with Crippen LogP contribution in [0.4, 0.5) is 5.69 Å². The number of nitrogens with one attached hydrogen (secondary N) is 2. The topological polar surface area (TPSA) is 27.3 Å². The molecule has 0 spiro atoms. The summed E-state index contributed by atoms with van der Waals surface area (Å²) >= 11 is 0. The molecule has 100 valence electrons. The predicted octanol–water partition coefficient (Wildman–Crippen LogP) is 2.01. The highest BCUT2D eigenvalue weighted by Gasteiger charge is 2.15. The van der Waals surface area contributed by atoms with Gasteiger partial charge in [-0.1, -0.05) is 12.1 Å². The zero-order chi connectivity index (χ0) is 13.0. The number of rotatable bonds is 4. The Balaban J connectivity index is 1.88. The van der Waals surface area contributed by atoms with Crippen LogP contribution >= 0.6 is 0 Å². The lowest BCUT2D eigenvalue weighted by Crippen LogP contribution is -2.49. The SMILES string of the molecule is Cc1ccc(C)c(NCC(C)N2CCNCC2)c1. The molecular formula is C15H25N3. The van der Waals surface area contributed by atoms with Crippen LogP contribution in [0.25, 0.3) is 0 Å². The molecule has 3 heteroatoms. The van der Waals surface area contributed by atoms with E-state index in [1.807, 2.05) is 0 Å². The second-order valence-corrected chi connectivity index (χ2v) is 5.33. The van der Waals surface area contributed by atoms with Crippen LogP contribution in [0.5, 0.6) is 0 Å². The van der Waals surface area contributed by atoms with Gasteiger partial charge in [0.2, 0.25) is 0 Å². The molecule has 0 amide bonds. The zero-order valence-corrected chi connectivity index (χ0v) is 11.8. The van der Waals surface area contributed by atoms with Crippen LogP contribution in [-0.2, 0) is 0 Å². The predicted molar refractivity (Wildman–Crippen MR) is 78.3 cm³/mol. The Labute approximate surface area is 111 Å². The number of hydrogen-bond acceptors (Lipinski definition) is 3. The Hall–Kier alpha value is -1.06. The average molecular weight is 247 g/mol. The maximum Gasteiger partial charge on any atom is 0.0373 e. The van der Waals surface area contributed by atoms with E-state index in [4.69, 9.17) is 0 Å². The lowest BCUT2D eigenvalue weighted by atomic mass is 10.1. The first-order valence-electron chi connectivity index (χ1n) is 6.92. The molecule has 1 fully saturated rings. The highest BCUT2D eigenvalue weighted by Crippen LogP contribution is 2.16. The van der Waals surface area contributed by atoms with Crippen LogP contribution in [0.2, 0.25) is 0 Å². The Bertz CT molecular complexity index is 383. The van der Waals surface area contributed by atoms with Gasteiger partial charge >= 0.3 is 0 Å². The monoisotopic (exact) mass is 247 g/mol. The molecule has 0 radical (unpaired) electrons. The maximum absolute atomic E-state index is 3.59. The van der Waals surface area contributed by atoms with E-state index in [9.17, 15) is 0 Å². The average Bonchev–Trinajstić information content (AvgIpc) is 2.40. The van der Waals surface area contributed by atoms with Crippen molar-refractivity contribution in [2.24, 2.45) is 0 Å². The lowest BCUT2D eigenvalue weighted by molar-refractivity contribution is 0.191. The molecule has 0 saturated carbocycles. The number of benzene rings is 1. The van der Waals surface area contributed by atoms with Gasteiger partial charge in [0.25, 0.3) is 0 Å². The molecule has 1 heterocycles. The maximum atomic E-state index is 3.59. The highest BCUT2D eigenvalue weighted by atomic mass is 15.2. The highest BCUT2D eigenvalue weighted by molar-refractivity contribution is 5.52. The molecule has 1 aromatic rings. The summed E-state index contributed by atoms with van der Waals surface area (Å²) in [5.74, 6) is 0. The summed E-state index contributed by atoms with van der Waals surface area (Å²) in [5.41, 5.74) is 3.92. The van der Waals surface area contributed by atoms with Crippen LogP contribution in [0.3, 0.4) is 0 Å². The summed E-state index contributed by atoms with van der Waals surface area (Å²) in [6, 6.07) is 7.18. The van der Waals surface area contributed by atoms with Gasteiger partial charge in [-0.25, -0.2) is 0 Å². The third kappa shape index (κ3) is 3.47. The van der Waals surface area contributed by atoms with Crippen molar-refractivity contribution in [2.45, 2.75) is 26.8 Å². The van der Waals surface area contributed by atoms with Gasteiger partial charge in [0, 0.05) is 44.5 Å². The van der Waals surface area contributed by atoms with Crippen LogP contribution in [0.1, 0.15) is 18.1 Å². The van der Waals surface area contributed by atoms with E-state index >= 15 is 0 Å². The van der Waals surface area contributed by atoms with Crippen LogP contribution in [0.15, 0.2) is 18.2 Å². The fourth-order valence-electron chi connectivity index (χ4n) is 2.44.